The fourth-order valence-electron chi connectivity index (χ4n) is 7.09. The smallest absolute Gasteiger partial charge is 0.250 e. The summed E-state index contributed by atoms with van der Waals surface area (Å²) < 4.78 is 6.54. The summed E-state index contributed by atoms with van der Waals surface area (Å²) in [5.41, 5.74) is 0.124. The van der Waals surface area contributed by atoms with Gasteiger partial charge in [0.15, 0.2) is 0 Å². The monoisotopic (exact) mass is 541 g/mol. The van der Waals surface area contributed by atoms with Crippen LogP contribution in [0, 0.1) is 17.8 Å². The number of benzene rings is 3. The van der Waals surface area contributed by atoms with Gasteiger partial charge in [0, 0.05) is 11.4 Å². The van der Waals surface area contributed by atoms with Crippen LogP contribution in [0.1, 0.15) is 33.1 Å². The van der Waals surface area contributed by atoms with E-state index in [2.05, 4.69) is 10.6 Å². The minimum atomic E-state index is -1.14. The van der Waals surface area contributed by atoms with Crippen molar-refractivity contribution in [2.24, 2.45) is 17.8 Å². The number of amides is 3. The Hall–Kier alpha value is -3.75. The molecular formula is C32H35N3O5. The third-order valence-corrected chi connectivity index (χ3v) is 9.19. The van der Waals surface area contributed by atoms with Crippen LogP contribution in [0.15, 0.2) is 72.8 Å². The summed E-state index contributed by atoms with van der Waals surface area (Å²) in [7, 11) is 0. The first-order valence-corrected chi connectivity index (χ1v) is 14.1. The van der Waals surface area contributed by atoms with Gasteiger partial charge in [0.2, 0.25) is 17.7 Å². The second kappa shape index (κ2) is 10.3. The molecule has 3 heterocycles. The van der Waals surface area contributed by atoms with Gasteiger partial charge in [0.1, 0.15) is 11.6 Å². The summed E-state index contributed by atoms with van der Waals surface area (Å²) in [5, 5.41) is 18.5. The van der Waals surface area contributed by atoms with Gasteiger partial charge in [0.05, 0.1) is 30.6 Å². The molecule has 3 aromatic carbocycles. The van der Waals surface area contributed by atoms with Gasteiger partial charge in [0.25, 0.3) is 0 Å². The molecule has 3 aliphatic heterocycles. The molecule has 3 aromatic rings. The van der Waals surface area contributed by atoms with E-state index in [1.807, 2.05) is 74.5 Å². The molecule has 208 valence electrons. The molecule has 0 aromatic heterocycles. The molecule has 7 atom stereocenters. The van der Waals surface area contributed by atoms with Crippen LogP contribution in [0.4, 0.5) is 11.4 Å². The van der Waals surface area contributed by atoms with E-state index in [1.54, 1.807) is 17.0 Å². The van der Waals surface area contributed by atoms with Gasteiger partial charge in [-0.1, -0.05) is 68.8 Å². The molecule has 3 amide bonds. The number of carbonyl (C=O) groups is 3. The van der Waals surface area contributed by atoms with Crippen LogP contribution in [0.3, 0.4) is 0 Å². The molecule has 0 saturated carbocycles. The zero-order valence-corrected chi connectivity index (χ0v) is 22.7. The molecule has 0 radical (unpaired) electrons. The van der Waals surface area contributed by atoms with E-state index in [4.69, 9.17) is 4.74 Å². The summed E-state index contributed by atoms with van der Waals surface area (Å²) in [5.74, 6) is -2.53. The van der Waals surface area contributed by atoms with Gasteiger partial charge in [-0.05, 0) is 53.8 Å². The number of ether oxygens (including phenoxy) is 1. The first-order valence-electron chi connectivity index (χ1n) is 14.1. The topological polar surface area (TPSA) is 108 Å². The molecule has 6 rings (SSSR count). The molecule has 8 heteroatoms. The second-order valence-electron chi connectivity index (χ2n) is 11.3. The Morgan fingerprint density at radius 2 is 1.70 bits per heavy atom. The Morgan fingerprint density at radius 3 is 2.42 bits per heavy atom. The fraction of sp³-hybridized carbons (Fsp3) is 0.406. The second-order valence-corrected chi connectivity index (χ2v) is 11.3. The normalized spacial score (nSPS) is 28.4. The summed E-state index contributed by atoms with van der Waals surface area (Å²) in [4.78, 5) is 43.6. The van der Waals surface area contributed by atoms with Crippen molar-refractivity contribution in [1.29, 1.82) is 0 Å². The van der Waals surface area contributed by atoms with Crippen molar-refractivity contribution in [3.8, 4) is 0 Å². The molecule has 3 fully saturated rings. The highest BCUT2D eigenvalue weighted by Gasteiger charge is 2.75. The Labute approximate surface area is 233 Å². The minimum absolute atomic E-state index is 0.0612. The van der Waals surface area contributed by atoms with Crippen LogP contribution in [0.5, 0.6) is 0 Å². The van der Waals surface area contributed by atoms with Gasteiger partial charge < -0.3 is 25.4 Å². The first kappa shape index (κ1) is 26.5. The standard InChI is InChI=1S/C32H35N3O5/c1-3-19(2)24(18-36)35-28(30(38)34-23-14-13-20-9-7-8-10-21(20)17-23)32-16-15-25(40-32)26(27(32)31(35)39)29(37)33-22-11-5-4-6-12-22/h4-14,17,19,24-28,36H,3,15-16,18H2,1-2H3,(H,33,37)(H,34,38)/t19-,24-,25+,26-,27-,28?,32?/m0/s1. The number of aliphatic hydroxyl groups excluding tert-OH is 1. The Bertz CT molecular complexity index is 1440. The number of hydrogen-bond acceptors (Lipinski definition) is 5. The van der Waals surface area contributed by atoms with Gasteiger partial charge in [-0.3, -0.25) is 14.4 Å². The van der Waals surface area contributed by atoms with Gasteiger partial charge in [-0.25, -0.2) is 0 Å². The zero-order chi connectivity index (χ0) is 28.0. The van der Waals surface area contributed by atoms with Gasteiger partial charge in [-0.2, -0.15) is 0 Å². The molecule has 3 aliphatic rings. The maximum absolute atomic E-state index is 14.3. The molecule has 0 aliphatic carbocycles. The summed E-state index contributed by atoms with van der Waals surface area (Å²) in [6.07, 6.45) is 1.34. The SMILES string of the molecule is CC[C@H](C)[C@H](CO)N1C(=O)[C@@H]2[C@@H](C(=O)Nc3ccccc3)[C@H]3CCC2(O3)C1C(=O)Nc1ccc2ccccc2c1. The highest BCUT2D eigenvalue weighted by molar-refractivity contribution is 6.05. The molecule has 1 spiro atoms. The Kier molecular flexibility index (Phi) is 6.84. The number of fused-ring (bicyclic) bond motifs is 2. The van der Waals surface area contributed by atoms with E-state index in [1.165, 1.54) is 0 Å². The van der Waals surface area contributed by atoms with Crippen LogP contribution in [-0.4, -0.2) is 58.1 Å². The van der Waals surface area contributed by atoms with E-state index in [0.29, 0.717) is 30.6 Å². The van der Waals surface area contributed by atoms with Crippen LogP contribution >= 0.6 is 0 Å². The lowest BCUT2D eigenvalue weighted by molar-refractivity contribution is -0.144. The third kappa shape index (κ3) is 4.17. The maximum atomic E-state index is 14.3. The van der Waals surface area contributed by atoms with Crippen molar-refractivity contribution in [3.63, 3.8) is 0 Å². The van der Waals surface area contributed by atoms with E-state index in [-0.39, 0.29) is 30.2 Å². The minimum Gasteiger partial charge on any atom is -0.394 e. The summed E-state index contributed by atoms with van der Waals surface area (Å²) in [6.45, 7) is 3.68. The van der Waals surface area contributed by atoms with Crippen molar-refractivity contribution in [1.82, 2.24) is 4.90 Å². The van der Waals surface area contributed by atoms with E-state index < -0.39 is 35.6 Å². The Morgan fingerprint density at radius 1 is 1.00 bits per heavy atom. The van der Waals surface area contributed by atoms with Crippen LogP contribution in [-0.2, 0) is 19.1 Å². The van der Waals surface area contributed by atoms with Gasteiger partial charge >= 0.3 is 0 Å². The fourth-order valence-corrected chi connectivity index (χ4v) is 7.09. The van der Waals surface area contributed by atoms with Crippen molar-refractivity contribution in [2.75, 3.05) is 17.2 Å². The molecule has 8 nitrogen and oxygen atoms in total. The number of likely N-dealkylation sites (tertiary alicyclic amines) is 1. The lowest BCUT2D eigenvalue weighted by Crippen LogP contribution is -2.57. The van der Waals surface area contributed by atoms with E-state index in [0.717, 1.165) is 10.8 Å². The molecule has 3 N–H and O–H groups in total. The average Bonchev–Trinajstić information content (AvgIpc) is 3.61. The van der Waals surface area contributed by atoms with E-state index in [9.17, 15) is 19.5 Å². The Balaban J connectivity index is 1.37. The van der Waals surface area contributed by atoms with E-state index >= 15 is 0 Å². The lowest BCUT2D eigenvalue weighted by atomic mass is 9.70. The number of rotatable bonds is 8. The predicted octanol–water partition coefficient (Wildman–Crippen LogP) is 4.20. The molecular weight excluding hydrogens is 506 g/mol. The quantitative estimate of drug-likeness (QED) is 0.396. The number of nitrogens with one attached hydrogen (secondary N) is 2. The molecule has 2 unspecified atom stereocenters. The number of nitrogens with zero attached hydrogens (tertiary/aromatic N) is 1. The number of anilines is 2. The number of hydrogen-bond donors (Lipinski definition) is 3. The predicted molar refractivity (Wildman–Crippen MR) is 152 cm³/mol. The highest BCUT2D eigenvalue weighted by atomic mass is 16.5. The first-order chi connectivity index (χ1) is 19.4. The third-order valence-electron chi connectivity index (χ3n) is 9.19. The van der Waals surface area contributed by atoms with Crippen molar-refractivity contribution in [2.45, 2.75) is 56.9 Å². The summed E-state index contributed by atoms with van der Waals surface area (Å²) >= 11 is 0. The van der Waals surface area contributed by atoms with Crippen molar-refractivity contribution >= 4 is 39.9 Å². The number of aliphatic hydroxyl groups is 1. The van der Waals surface area contributed by atoms with Crippen LogP contribution in [0.2, 0.25) is 0 Å². The lowest BCUT2D eigenvalue weighted by Gasteiger charge is -2.38. The zero-order valence-electron chi connectivity index (χ0n) is 22.7. The van der Waals surface area contributed by atoms with Crippen molar-refractivity contribution in [3.05, 3.63) is 72.8 Å². The molecule has 40 heavy (non-hydrogen) atoms. The molecule has 3 saturated heterocycles. The van der Waals surface area contributed by atoms with Gasteiger partial charge in [-0.15, -0.1) is 0 Å². The van der Waals surface area contributed by atoms with Crippen LogP contribution < -0.4 is 10.6 Å². The average molecular weight is 542 g/mol. The highest BCUT2D eigenvalue weighted by Crippen LogP contribution is 2.59. The largest absolute Gasteiger partial charge is 0.394 e. The number of carbonyl (C=O) groups excluding carboxylic acids is 3. The van der Waals surface area contributed by atoms with Crippen LogP contribution in [0.25, 0.3) is 10.8 Å². The molecule has 2 bridgehead atoms. The van der Waals surface area contributed by atoms with Crippen molar-refractivity contribution < 1.29 is 24.2 Å². The maximum Gasteiger partial charge on any atom is 0.250 e. The summed E-state index contributed by atoms with van der Waals surface area (Å²) in [6, 6.07) is 21.2. The number of para-hydroxylation sites is 1.